The molecule has 1 aliphatic rings. The van der Waals surface area contributed by atoms with Crippen molar-refractivity contribution in [2.75, 3.05) is 13.7 Å². The van der Waals surface area contributed by atoms with Gasteiger partial charge in [0, 0.05) is 36.4 Å². The van der Waals surface area contributed by atoms with Gasteiger partial charge in [-0.3, -0.25) is 14.2 Å². The van der Waals surface area contributed by atoms with Gasteiger partial charge < -0.3 is 10.1 Å². The maximum Gasteiger partial charge on any atom is 0.272 e. The first-order valence-electron chi connectivity index (χ1n) is 11.0. The Balaban J connectivity index is 1.70. The number of carbonyl (C=O) groups excluding carboxylic acids is 1. The zero-order valence-corrected chi connectivity index (χ0v) is 19.7. The first-order valence-corrected chi connectivity index (χ1v) is 12.7. The Labute approximate surface area is 190 Å². The van der Waals surface area contributed by atoms with Crippen LogP contribution >= 0.6 is 23.1 Å². The number of amides is 1. The maximum absolute atomic E-state index is 13.4. The highest BCUT2D eigenvalue weighted by molar-refractivity contribution is 8.00. The number of thioether (sulfide) groups is 1. The molecule has 166 valence electrons. The molecule has 3 aromatic rings. The lowest BCUT2D eigenvalue weighted by Crippen LogP contribution is -2.39. The van der Waals surface area contributed by atoms with E-state index in [2.05, 4.69) is 5.32 Å². The summed E-state index contributed by atoms with van der Waals surface area (Å²) in [6, 6.07) is 8.26. The van der Waals surface area contributed by atoms with Crippen LogP contribution in [0, 0.1) is 0 Å². The molecule has 1 amide bonds. The smallest absolute Gasteiger partial charge is 0.272 e. The van der Waals surface area contributed by atoms with Crippen LogP contribution in [0.2, 0.25) is 0 Å². The molecule has 1 N–H and O–H groups in total. The first kappa shape index (κ1) is 22.3. The minimum atomic E-state index is -0.275. The molecule has 0 aliphatic heterocycles. The summed E-state index contributed by atoms with van der Waals surface area (Å²) < 4.78 is 8.65. The number of ether oxygens (including phenoxy) is 1. The van der Waals surface area contributed by atoms with Gasteiger partial charge in [-0.15, -0.1) is 11.3 Å². The number of hydrogen-bond acceptors (Lipinski definition) is 6. The minimum Gasteiger partial charge on any atom is -0.385 e. The Hall–Kier alpha value is -1.90. The van der Waals surface area contributed by atoms with Crippen LogP contribution in [0.4, 0.5) is 0 Å². The Kier molecular flexibility index (Phi) is 7.30. The topological polar surface area (TPSA) is 73.2 Å². The van der Waals surface area contributed by atoms with Crippen molar-refractivity contribution in [2.45, 2.75) is 68.4 Å². The normalized spacial score (nSPS) is 15.7. The lowest BCUT2D eigenvalue weighted by molar-refractivity contribution is -0.121. The third kappa shape index (κ3) is 4.81. The van der Waals surface area contributed by atoms with Gasteiger partial charge in [0.2, 0.25) is 5.91 Å². The van der Waals surface area contributed by atoms with Gasteiger partial charge >= 0.3 is 0 Å². The zero-order valence-electron chi connectivity index (χ0n) is 18.1. The van der Waals surface area contributed by atoms with Crippen LogP contribution in [0.1, 0.15) is 45.4 Å². The molecule has 0 spiro atoms. The van der Waals surface area contributed by atoms with Crippen molar-refractivity contribution < 1.29 is 9.53 Å². The fourth-order valence-electron chi connectivity index (χ4n) is 4.12. The number of methoxy groups -OCH3 is 1. The quantitative estimate of drug-likeness (QED) is 0.288. The van der Waals surface area contributed by atoms with Crippen molar-refractivity contribution in [1.82, 2.24) is 14.9 Å². The molecule has 6 nitrogen and oxygen atoms in total. The second-order valence-corrected chi connectivity index (χ2v) is 10.2. The van der Waals surface area contributed by atoms with Gasteiger partial charge in [0.15, 0.2) is 5.16 Å². The first-order chi connectivity index (χ1) is 15.1. The third-order valence-electron chi connectivity index (χ3n) is 5.79. The molecule has 1 atom stereocenters. The highest BCUT2D eigenvalue weighted by Crippen LogP contribution is 2.33. The largest absolute Gasteiger partial charge is 0.385 e. The summed E-state index contributed by atoms with van der Waals surface area (Å²) in [6.07, 6.45) is 5.86. The second-order valence-electron chi connectivity index (χ2n) is 7.98. The fourth-order valence-corrected chi connectivity index (χ4v) is 6.25. The van der Waals surface area contributed by atoms with E-state index in [1.807, 2.05) is 31.2 Å². The zero-order chi connectivity index (χ0) is 21.8. The molecule has 1 aromatic carbocycles. The average molecular weight is 460 g/mol. The number of nitrogens with one attached hydrogen (secondary N) is 1. The van der Waals surface area contributed by atoms with Gasteiger partial charge in [0.1, 0.15) is 4.70 Å². The SMILES string of the molecule is CC[C@@H](Sc1nc2c(sc3ccccc32)c(=O)n1CCCOC)C(=O)NC1CCCC1. The van der Waals surface area contributed by atoms with E-state index in [-0.39, 0.29) is 22.8 Å². The molecule has 0 unspecified atom stereocenters. The number of hydrogen-bond donors (Lipinski definition) is 1. The molecule has 0 radical (unpaired) electrons. The number of rotatable bonds is 9. The molecule has 0 bridgehead atoms. The number of benzene rings is 1. The average Bonchev–Trinajstić information content (AvgIpc) is 3.42. The van der Waals surface area contributed by atoms with Crippen molar-refractivity contribution in [1.29, 1.82) is 0 Å². The number of aromatic nitrogens is 2. The Morgan fingerprint density at radius 1 is 1.35 bits per heavy atom. The minimum absolute atomic E-state index is 0.0316. The summed E-state index contributed by atoms with van der Waals surface area (Å²) in [5.74, 6) is 0.0485. The summed E-state index contributed by atoms with van der Waals surface area (Å²) in [4.78, 5) is 31.3. The van der Waals surface area contributed by atoms with E-state index >= 15 is 0 Å². The summed E-state index contributed by atoms with van der Waals surface area (Å²) in [5, 5.41) is 4.54. The molecule has 2 heterocycles. The summed E-state index contributed by atoms with van der Waals surface area (Å²) >= 11 is 2.90. The van der Waals surface area contributed by atoms with Crippen molar-refractivity contribution in [3.63, 3.8) is 0 Å². The van der Waals surface area contributed by atoms with Gasteiger partial charge in [0.05, 0.1) is 10.8 Å². The van der Waals surface area contributed by atoms with Crippen LogP contribution in [-0.2, 0) is 16.1 Å². The molecule has 31 heavy (non-hydrogen) atoms. The Morgan fingerprint density at radius 2 is 2.13 bits per heavy atom. The summed E-state index contributed by atoms with van der Waals surface area (Å²) in [7, 11) is 1.66. The van der Waals surface area contributed by atoms with Crippen LogP contribution in [0.3, 0.4) is 0 Å². The van der Waals surface area contributed by atoms with Crippen molar-refractivity contribution in [3.05, 3.63) is 34.6 Å². The molecule has 2 aromatic heterocycles. The Bertz CT molecular complexity index is 1120. The van der Waals surface area contributed by atoms with Gasteiger partial charge in [-0.1, -0.05) is 49.7 Å². The number of nitrogens with zero attached hydrogens (tertiary/aromatic N) is 2. The third-order valence-corrected chi connectivity index (χ3v) is 8.29. The molecule has 0 saturated heterocycles. The highest BCUT2D eigenvalue weighted by Gasteiger charge is 2.26. The van der Waals surface area contributed by atoms with Gasteiger partial charge in [0.25, 0.3) is 5.56 Å². The number of thiophene rings is 1. The fraction of sp³-hybridized carbons (Fsp3) is 0.522. The molecular formula is C23H29N3O3S2. The summed E-state index contributed by atoms with van der Waals surface area (Å²) in [5.41, 5.74) is 0.706. The molecule has 1 saturated carbocycles. The maximum atomic E-state index is 13.4. The second kappa shape index (κ2) is 10.1. The van der Waals surface area contributed by atoms with Crippen molar-refractivity contribution in [3.8, 4) is 0 Å². The van der Waals surface area contributed by atoms with E-state index in [1.54, 1.807) is 11.7 Å². The monoisotopic (exact) mass is 459 g/mol. The number of carbonyl (C=O) groups is 1. The number of fused-ring (bicyclic) bond motifs is 3. The molecule has 4 rings (SSSR count). The standard InChI is InChI=1S/C23H29N3O3S2/c1-3-17(21(27)24-15-9-4-5-10-15)31-23-25-19-16-11-6-7-12-18(16)30-20(19)22(28)26(23)13-8-14-29-2/h6-7,11-12,15,17H,3-5,8-10,13-14H2,1-2H3,(H,24,27)/t17-/m1/s1. The van der Waals surface area contributed by atoms with E-state index in [0.717, 1.165) is 28.4 Å². The van der Waals surface area contributed by atoms with E-state index in [9.17, 15) is 9.59 Å². The van der Waals surface area contributed by atoms with E-state index in [1.165, 1.54) is 35.9 Å². The Morgan fingerprint density at radius 3 is 2.87 bits per heavy atom. The molecule has 1 fully saturated rings. The van der Waals surface area contributed by atoms with E-state index in [0.29, 0.717) is 35.8 Å². The van der Waals surface area contributed by atoms with Gasteiger partial charge in [-0.05, 0) is 31.7 Å². The van der Waals surface area contributed by atoms with Gasteiger partial charge in [-0.25, -0.2) is 4.98 Å². The van der Waals surface area contributed by atoms with Crippen molar-refractivity contribution in [2.24, 2.45) is 0 Å². The highest BCUT2D eigenvalue weighted by atomic mass is 32.2. The van der Waals surface area contributed by atoms with Crippen LogP contribution < -0.4 is 10.9 Å². The lowest BCUT2D eigenvalue weighted by Gasteiger charge is -2.19. The van der Waals surface area contributed by atoms with Crippen LogP contribution in [0.25, 0.3) is 20.3 Å². The van der Waals surface area contributed by atoms with Crippen molar-refractivity contribution >= 4 is 49.3 Å². The molecule has 1 aliphatic carbocycles. The van der Waals surface area contributed by atoms with Crippen LogP contribution in [0.5, 0.6) is 0 Å². The van der Waals surface area contributed by atoms with Gasteiger partial charge in [-0.2, -0.15) is 0 Å². The lowest BCUT2D eigenvalue weighted by atomic mass is 10.2. The van der Waals surface area contributed by atoms with Crippen LogP contribution in [0.15, 0.2) is 34.2 Å². The molecule has 8 heteroatoms. The molecular weight excluding hydrogens is 430 g/mol. The predicted octanol–water partition coefficient (Wildman–Crippen LogP) is 4.58. The van der Waals surface area contributed by atoms with E-state index in [4.69, 9.17) is 9.72 Å². The van der Waals surface area contributed by atoms with E-state index < -0.39 is 0 Å². The summed E-state index contributed by atoms with van der Waals surface area (Å²) in [6.45, 7) is 3.10. The predicted molar refractivity (Wildman–Crippen MR) is 128 cm³/mol. The van der Waals surface area contributed by atoms with Crippen LogP contribution in [-0.4, -0.2) is 40.5 Å².